The maximum Gasteiger partial charge on any atom is 0.195 e. The SMILES string of the molecule is COc1ccc(C(=O)c2cn(CCCC(C)O)c3ccccc23)cc1. The maximum absolute atomic E-state index is 13.0. The molecule has 4 nitrogen and oxygen atoms in total. The molecule has 0 fully saturated rings. The number of carbonyl (C=O) groups excluding carboxylic acids is 1. The second-order valence-electron chi connectivity index (χ2n) is 6.30. The van der Waals surface area contributed by atoms with E-state index in [0.29, 0.717) is 11.1 Å². The number of nitrogens with zero attached hydrogens (tertiary/aromatic N) is 1. The fraction of sp³-hybridized carbons (Fsp3) is 0.286. The van der Waals surface area contributed by atoms with E-state index in [9.17, 15) is 9.90 Å². The lowest BCUT2D eigenvalue weighted by Crippen LogP contribution is -2.04. The molecule has 0 radical (unpaired) electrons. The third-order valence-corrected chi connectivity index (χ3v) is 4.41. The van der Waals surface area contributed by atoms with E-state index in [1.807, 2.05) is 30.5 Å². The van der Waals surface area contributed by atoms with Gasteiger partial charge in [-0.15, -0.1) is 0 Å². The Morgan fingerprint density at radius 3 is 2.56 bits per heavy atom. The Morgan fingerprint density at radius 1 is 1.16 bits per heavy atom. The summed E-state index contributed by atoms with van der Waals surface area (Å²) in [6.45, 7) is 2.58. The fourth-order valence-corrected chi connectivity index (χ4v) is 3.07. The van der Waals surface area contributed by atoms with E-state index in [0.717, 1.165) is 36.0 Å². The molecule has 0 saturated carbocycles. The van der Waals surface area contributed by atoms with Crippen LogP contribution in [0.2, 0.25) is 0 Å². The van der Waals surface area contributed by atoms with Crippen LogP contribution in [0.25, 0.3) is 10.9 Å². The fourth-order valence-electron chi connectivity index (χ4n) is 3.07. The Kier molecular flexibility index (Phi) is 5.19. The van der Waals surface area contributed by atoms with Crippen molar-refractivity contribution in [1.82, 2.24) is 4.57 Å². The number of ether oxygens (including phenoxy) is 1. The van der Waals surface area contributed by atoms with Gasteiger partial charge < -0.3 is 14.4 Å². The van der Waals surface area contributed by atoms with Gasteiger partial charge in [0.2, 0.25) is 0 Å². The molecule has 4 heteroatoms. The van der Waals surface area contributed by atoms with Crippen molar-refractivity contribution in [2.45, 2.75) is 32.4 Å². The van der Waals surface area contributed by atoms with Gasteiger partial charge in [-0.3, -0.25) is 4.79 Å². The van der Waals surface area contributed by atoms with E-state index in [1.165, 1.54) is 0 Å². The van der Waals surface area contributed by atoms with Gasteiger partial charge in [0, 0.05) is 34.8 Å². The van der Waals surface area contributed by atoms with Gasteiger partial charge >= 0.3 is 0 Å². The second-order valence-corrected chi connectivity index (χ2v) is 6.30. The van der Waals surface area contributed by atoms with Crippen LogP contribution in [-0.2, 0) is 6.54 Å². The van der Waals surface area contributed by atoms with Crippen LogP contribution >= 0.6 is 0 Å². The molecule has 0 aliphatic carbocycles. The van der Waals surface area contributed by atoms with Crippen molar-refractivity contribution < 1.29 is 14.6 Å². The number of aliphatic hydroxyl groups is 1. The molecule has 1 N–H and O–H groups in total. The highest BCUT2D eigenvalue weighted by Gasteiger charge is 2.16. The number of fused-ring (bicyclic) bond motifs is 1. The molecule has 0 saturated heterocycles. The minimum Gasteiger partial charge on any atom is -0.497 e. The highest BCUT2D eigenvalue weighted by Crippen LogP contribution is 2.25. The highest BCUT2D eigenvalue weighted by atomic mass is 16.5. The largest absolute Gasteiger partial charge is 0.497 e. The first-order chi connectivity index (χ1) is 12.1. The zero-order valence-electron chi connectivity index (χ0n) is 14.6. The molecule has 0 spiro atoms. The number of benzene rings is 2. The molecule has 1 aromatic heterocycles. The number of aliphatic hydroxyl groups excluding tert-OH is 1. The van der Waals surface area contributed by atoms with Gasteiger partial charge in [0.05, 0.1) is 13.2 Å². The van der Waals surface area contributed by atoms with Crippen LogP contribution in [0.15, 0.2) is 54.7 Å². The molecular weight excluding hydrogens is 314 g/mol. The molecule has 1 unspecified atom stereocenters. The third kappa shape index (κ3) is 3.74. The van der Waals surface area contributed by atoms with E-state index in [2.05, 4.69) is 4.57 Å². The van der Waals surface area contributed by atoms with Crippen LogP contribution in [-0.4, -0.2) is 28.7 Å². The summed E-state index contributed by atoms with van der Waals surface area (Å²) in [7, 11) is 1.61. The van der Waals surface area contributed by atoms with E-state index < -0.39 is 0 Å². The Hall–Kier alpha value is -2.59. The van der Waals surface area contributed by atoms with Gasteiger partial charge in [-0.2, -0.15) is 0 Å². The quantitative estimate of drug-likeness (QED) is 0.662. The van der Waals surface area contributed by atoms with Crippen molar-refractivity contribution in [3.63, 3.8) is 0 Å². The van der Waals surface area contributed by atoms with Crippen LogP contribution < -0.4 is 4.74 Å². The predicted octanol–water partition coefficient (Wildman–Crippen LogP) is 4.04. The van der Waals surface area contributed by atoms with Crippen LogP contribution in [0.4, 0.5) is 0 Å². The van der Waals surface area contributed by atoms with Crippen molar-refractivity contribution in [3.8, 4) is 5.75 Å². The van der Waals surface area contributed by atoms with Crippen LogP contribution in [0, 0.1) is 0 Å². The normalized spacial score (nSPS) is 12.3. The summed E-state index contributed by atoms with van der Waals surface area (Å²) in [4.78, 5) is 13.0. The Morgan fingerprint density at radius 2 is 1.88 bits per heavy atom. The smallest absolute Gasteiger partial charge is 0.195 e. The van der Waals surface area contributed by atoms with Gasteiger partial charge in [0.1, 0.15) is 5.75 Å². The lowest BCUT2D eigenvalue weighted by atomic mass is 10.0. The predicted molar refractivity (Wildman–Crippen MR) is 99.3 cm³/mol. The minimum atomic E-state index is -0.303. The van der Waals surface area contributed by atoms with Crippen LogP contribution in [0.1, 0.15) is 35.7 Å². The molecule has 25 heavy (non-hydrogen) atoms. The Labute approximate surface area is 147 Å². The third-order valence-electron chi connectivity index (χ3n) is 4.41. The number of methoxy groups -OCH3 is 1. The summed E-state index contributed by atoms with van der Waals surface area (Å²) in [6, 6.07) is 15.1. The molecule has 3 rings (SSSR count). The van der Waals surface area contributed by atoms with Crippen LogP contribution in [0.3, 0.4) is 0 Å². The van der Waals surface area contributed by atoms with E-state index in [4.69, 9.17) is 4.74 Å². The first kappa shape index (κ1) is 17.2. The average molecular weight is 337 g/mol. The number of para-hydroxylation sites is 1. The van der Waals surface area contributed by atoms with Crippen molar-refractivity contribution in [2.24, 2.45) is 0 Å². The van der Waals surface area contributed by atoms with Crippen molar-refractivity contribution in [3.05, 3.63) is 65.9 Å². The standard InChI is InChI=1S/C21H23NO3/c1-15(23)6-5-13-22-14-19(18-7-3-4-8-20(18)22)21(24)16-9-11-17(25-2)12-10-16/h3-4,7-12,14-15,23H,5-6,13H2,1-2H3. The van der Waals surface area contributed by atoms with Gasteiger partial charge in [0.15, 0.2) is 5.78 Å². The lowest BCUT2D eigenvalue weighted by molar-refractivity contribution is 0.104. The van der Waals surface area contributed by atoms with Crippen LogP contribution in [0.5, 0.6) is 5.75 Å². The van der Waals surface area contributed by atoms with Crippen molar-refractivity contribution >= 4 is 16.7 Å². The first-order valence-corrected chi connectivity index (χ1v) is 8.55. The maximum atomic E-state index is 13.0. The van der Waals surface area contributed by atoms with Gasteiger partial charge in [-0.25, -0.2) is 0 Å². The number of hydrogen-bond acceptors (Lipinski definition) is 3. The minimum absolute atomic E-state index is 0.00753. The molecular formula is C21H23NO3. The van der Waals surface area contributed by atoms with Gasteiger partial charge in [-0.05, 0) is 50.1 Å². The summed E-state index contributed by atoms with van der Waals surface area (Å²) in [5.74, 6) is 0.741. The summed E-state index contributed by atoms with van der Waals surface area (Å²) < 4.78 is 7.26. The summed E-state index contributed by atoms with van der Waals surface area (Å²) in [5, 5.41) is 10.4. The Balaban J connectivity index is 1.93. The van der Waals surface area contributed by atoms with Gasteiger partial charge in [-0.1, -0.05) is 18.2 Å². The summed E-state index contributed by atoms with van der Waals surface area (Å²) in [6.07, 6.45) is 3.24. The molecule has 130 valence electrons. The molecule has 0 aliphatic heterocycles. The number of aromatic nitrogens is 1. The highest BCUT2D eigenvalue weighted by molar-refractivity contribution is 6.16. The molecule has 0 bridgehead atoms. The van der Waals surface area contributed by atoms with Gasteiger partial charge in [0.25, 0.3) is 0 Å². The molecule has 0 amide bonds. The number of aryl methyl sites for hydroxylation is 1. The number of ketones is 1. The number of carbonyl (C=O) groups is 1. The van der Waals surface area contributed by atoms with Crippen molar-refractivity contribution in [1.29, 1.82) is 0 Å². The van der Waals surface area contributed by atoms with E-state index in [1.54, 1.807) is 38.3 Å². The zero-order valence-corrected chi connectivity index (χ0v) is 14.6. The molecule has 2 aromatic carbocycles. The molecule has 3 aromatic rings. The first-order valence-electron chi connectivity index (χ1n) is 8.55. The summed E-state index contributed by atoms with van der Waals surface area (Å²) >= 11 is 0. The Bertz CT molecular complexity index is 862. The summed E-state index contributed by atoms with van der Waals surface area (Å²) in [5.41, 5.74) is 2.40. The molecule has 0 aliphatic rings. The number of hydrogen-bond donors (Lipinski definition) is 1. The average Bonchev–Trinajstić information content (AvgIpc) is 3.00. The van der Waals surface area contributed by atoms with E-state index >= 15 is 0 Å². The lowest BCUT2D eigenvalue weighted by Gasteiger charge is -2.06. The molecule has 1 heterocycles. The topological polar surface area (TPSA) is 51.5 Å². The zero-order chi connectivity index (χ0) is 17.8. The van der Waals surface area contributed by atoms with E-state index in [-0.39, 0.29) is 11.9 Å². The monoisotopic (exact) mass is 337 g/mol. The number of rotatable bonds is 7. The molecule has 1 atom stereocenters. The van der Waals surface area contributed by atoms with Crippen molar-refractivity contribution in [2.75, 3.05) is 7.11 Å². The second kappa shape index (κ2) is 7.53.